The molecule has 0 bridgehead atoms. The van der Waals surface area contributed by atoms with E-state index in [0.29, 0.717) is 16.6 Å². The van der Waals surface area contributed by atoms with E-state index < -0.39 is 17.2 Å². The second-order valence-electron chi connectivity index (χ2n) is 6.42. The minimum Gasteiger partial charge on any atom is -0.319 e. The van der Waals surface area contributed by atoms with Crippen molar-refractivity contribution < 1.29 is 8.78 Å². The number of halogens is 2. The Balaban J connectivity index is 1.76. The Morgan fingerprint density at radius 1 is 0.933 bits per heavy atom. The third-order valence-electron chi connectivity index (χ3n) is 4.48. The average Bonchev–Trinajstić information content (AvgIpc) is 3.08. The number of fused-ring (bicyclic) bond motifs is 3. The van der Waals surface area contributed by atoms with Crippen LogP contribution in [0, 0.1) is 11.6 Å². The van der Waals surface area contributed by atoms with E-state index in [2.05, 4.69) is 25.4 Å². The summed E-state index contributed by atoms with van der Waals surface area (Å²) in [4.78, 5) is 25.0. The maximum absolute atomic E-state index is 14.3. The predicted molar refractivity (Wildman–Crippen MR) is 107 cm³/mol. The van der Waals surface area contributed by atoms with Gasteiger partial charge in [-0.05, 0) is 36.4 Å². The van der Waals surface area contributed by atoms with Gasteiger partial charge in [-0.1, -0.05) is 18.2 Å². The zero-order valence-corrected chi connectivity index (χ0v) is 15.3. The van der Waals surface area contributed by atoms with Crippen LogP contribution in [0.3, 0.4) is 0 Å². The zero-order chi connectivity index (χ0) is 20.7. The lowest BCUT2D eigenvalue weighted by Gasteiger charge is -2.07. The molecule has 5 rings (SSSR count). The van der Waals surface area contributed by atoms with Gasteiger partial charge in [0, 0.05) is 17.6 Å². The van der Waals surface area contributed by atoms with Crippen molar-refractivity contribution in [2.45, 2.75) is 0 Å². The number of nitrogens with one attached hydrogen (secondary N) is 1. The highest BCUT2D eigenvalue weighted by molar-refractivity contribution is 5.93. The van der Waals surface area contributed by atoms with Gasteiger partial charge in [-0.25, -0.2) is 23.7 Å². The van der Waals surface area contributed by atoms with Crippen molar-refractivity contribution in [2.24, 2.45) is 0 Å². The van der Waals surface area contributed by atoms with Crippen molar-refractivity contribution >= 4 is 28.2 Å². The summed E-state index contributed by atoms with van der Waals surface area (Å²) in [7, 11) is 0. The number of nitrogens with zero attached hydrogens (tertiary/aromatic N) is 5. The van der Waals surface area contributed by atoms with Gasteiger partial charge < -0.3 is 5.32 Å². The molecule has 3 heterocycles. The molecule has 0 unspecified atom stereocenters. The quantitative estimate of drug-likeness (QED) is 0.495. The van der Waals surface area contributed by atoms with E-state index in [9.17, 15) is 13.6 Å². The molecule has 9 heteroatoms. The molecule has 0 spiro atoms. The first-order valence-electron chi connectivity index (χ1n) is 8.93. The maximum Gasteiger partial charge on any atom is 0.293 e. The molecule has 0 amide bonds. The maximum atomic E-state index is 14.3. The molecule has 0 aliphatic carbocycles. The van der Waals surface area contributed by atoms with Gasteiger partial charge in [0.05, 0.1) is 11.1 Å². The van der Waals surface area contributed by atoms with E-state index in [1.54, 1.807) is 24.3 Å². The van der Waals surface area contributed by atoms with Crippen molar-refractivity contribution in [2.75, 3.05) is 5.32 Å². The summed E-state index contributed by atoms with van der Waals surface area (Å²) in [5.74, 6) is -1.21. The Labute approximate surface area is 167 Å². The highest BCUT2D eigenvalue weighted by Crippen LogP contribution is 2.26. The van der Waals surface area contributed by atoms with E-state index in [1.165, 1.54) is 16.8 Å². The van der Waals surface area contributed by atoms with Crippen LogP contribution in [0.5, 0.6) is 0 Å². The lowest BCUT2D eigenvalue weighted by atomic mass is 10.2. The fourth-order valence-corrected chi connectivity index (χ4v) is 3.09. The Kier molecular flexibility index (Phi) is 4.13. The third-order valence-corrected chi connectivity index (χ3v) is 4.48. The van der Waals surface area contributed by atoms with E-state index in [1.807, 2.05) is 18.2 Å². The molecule has 0 radical (unpaired) electrons. The molecule has 0 saturated carbocycles. The number of benzene rings is 2. The number of para-hydroxylation sites is 1. The van der Waals surface area contributed by atoms with Crippen LogP contribution in [0.2, 0.25) is 0 Å². The number of rotatable bonds is 3. The molecule has 0 fully saturated rings. The minimum absolute atomic E-state index is 0.0485. The number of hydrogen-bond donors (Lipinski definition) is 1. The van der Waals surface area contributed by atoms with Crippen LogP contribution >= 0.6 is 0 Å². The molecule has 0 saturated heterocycles. The molecular formula is C21H12F2N6O. The summed E-state index contributed by atoms with van der Waals surface area (Å²) in [6.07, 6.45) is 1.39. The average molecular weight is 402 g/mol. The molecule has 146 valence electrons. The first-order valence-corrected chi connectivity index (χ1v) is 8.93. The van der Waals surface area contributed by atoms with E-state index in [-0.39, 0.29) is 23.0 Å². The van der Waals surface area contributed by atoms with Crippen LogP contribution in [-0.2, 0) is 0 Å². The molecule has 1 N–H and O–H groups in total. The van der Waals surface area contributed by atoms with Gasteiger partial charge in [0.2, 0.25) is 5.95 Å². The van der Waals surface area contributed by atoms with E-state index >= 15 is 0 Å². The lowest BCUT2D eigenvalue weighted by Crippen LogP contribution is -2.11. The molecule has 3 aromatic heterocycles. The van der Waals surface area contributed by atoms with Crippen molar-refractivity contribution in [3.63, 3.8) is 0 Å². The minimum atomic E-state index is -0.779. The summed E-state index contributed by atoms with van der Waals surface area (Å²) in [5.41, 5.74) is 0.767. The fraction of sp³-hybridized carbons (Fsp3) is 0. The molecule has 0 atom stereocenters. The van der Waals surface area contributed by atoms with Crippen molar-refractivity contribution in [1.82, 2.24) is 24.6 Å². The Hall–Kier alpha value is -4.27. The van der Waals surface area contributed by atoms with Gasteiger partial charge in [-0.15, -0.1) is 5.10 Å². The van der Waals surface area contributed by atoms with Gasteiger partial charge in [0.15, 0.2) is 11.5 Å². The monoisotopic (exact) mass is 402 g/mol. The van der Waals surface area contributed by atoms with Crippen molar-refractivity contribution in [1.29, 1.82) is 0 Å². The van der Waals surface area contributed by atoms with Gasteiger partial charge in [0.1, 0.15) is 17.3 Å². The second kappa shape index (κ2) is 6.96. The second-order valence-corrected chi connectivity index (χ2v) is 6.42. The lowest BCUT2D eigenvalue weighted by molar-refractivity contribution is 0.585. The van der Waals surface area contributed by atoms with Crippen LogP contribution in [0.25, 0.3) is 27.9 Å². The van der Waals surface area contributed by atoms with Crippen LogP contribution in [0.4, 0.5) is 20.4 Å². The van der Waals surface area contributed by atoms with Gasteiger partial charge in [-0.2, -0.15) is 4.52 Å². The summed E-state index contributed by atoms with van der Waals surface area (Å²) in [6.45, 7) is 0. The normalized spacial score (nSPS) is 11.1. The summed E-state index contributed by atoms with van der Waals surface area (Å²) in [6, 6.07) is 15.3. The first-order chi connectivity index (χ1) is 14.6. The summed E-state index contributed by atoms with van der Waals surface area (Å²) >= 11 is 0. The topological polar surface area (TPSA) is 85.1 Å². The fourth-order valence-electron chi connectivity index (χ4n) is 3.09. The molecule has 0 aliphatic heterocycles. The standard InChI is InChI=1S/C21H12F2N6O/c22-12-8-9-13(15(23)11-12)18-27-19-14-5-1-2-6-16(14)25-21(29(19)28-18)26-17-7-3-4-10-24-20(17)30/h1-11H,(H,24,25,26,30). The van der Waals surface area contributed by atoms with E-state index in [0.717, 1.165) is 12.1 Å². The zero-order valence-electron chi connectivity index (χ0n) is 15.3. The molecule has 0 aliphatic rings. The Morgan fingerprint density at radius 3 is 2.63 bits per heavy atom. The molecular weight excluding hydrogens is 390 g/mol. The van der Waals surface area contributed by atoms with Crippen LogP contribution in [-0.4, -0.2) is 24.6 Å². The number of anilines is 2. The number of hydrogen-bond acceptors (Lipinski definition) is 6. The van der Waals surface area contributed by atoms with Crippen LogP contribution < -0.4 is 10.9 Å². The first kappa shape index (κ1) is 17.8. The number of aromatic nitrogens is 5. The third kappa shape index (κ3) is 3.02. The Bertz CT molecular complexity index is 1480. The molecule has 7 nitrogen and oxygen atoms in total. The summed E-state index contributed by atoms with van der Waals surface area (Å²) in [5, 5.41) is 7.98. The Morgan fingerprint density at radius 2 is 1.77 bits per heavy atom. The van der Waals surface area contributed by atoms with Crippen LogP contribution in [0.1, 0.15) is 0 Å². The van der Waals surface area contributed by atoms with Gasteiger partial charge >= 0.3 is 0 Å². The summed E-state index contributed by atoms with van der Waals surface area (Å²) < 4.78 is 29.0. The van der Waals surface area contributed by atoms with Gasteiger partial charge in [-0.3, -0.25) is 4.79 Å². The molecule has 30 heavy (non-hydrogen) atoms. The molecule has 2 aromatic carbocycles. The highest BCUT2D eigenvalue weighted by atomic mass is 19.1. The predicted octanol–water partition coefficient (Wildman–Crippen LogP) is 3.72. The molecule has 5 aromatic rings. The van der Waals surface area contributed by atoms with Crippen molar-refractivity contribution in [3.05, 3.63) is 88.8 Å². The van der Waals surface area contributed by atoms with Crippen molar-refractivity contribution in [3.8, 4) is 11.4 Å². The SMILES string of the molecule is O=c1nccccc1Nc1nc2ccccc2c2nc(-c3ccc(F)cc3F)nn12. The largest absolute Gasteiger partial charge is 0.319 e. The van der Waals surface area contributed by atoms with E-state index in [4.69, 9.17) is 0 Å². The van der Waals surface area contributed by atoms with Crippen LogP contribution in [0.15, 0.2) is 71.7 Å². The highest BCUT2D eigenvalue weighted by Gasteiger charge is 2.17. The van der Waals surface area contributed by atoms with Gasteiger partial charge in [0.25, 0.3) is 5.56 Å². The smallest absolute Gasteiger partial charge is 0.293 e.